The highest BCUT2D eigenvalue weighted by atomic mass is 35.5. The summed E-state index contributed by atoms with van der Waals surface area (Å²) in [6, 6.07) is 4.97. The van der Waals surface area contributed by atoms with E-state index in [1.54, 1.807) is 19.1 Å². The van der Waals surface area contributed by atoms with Crippen LogP contribution in [0, 0.1) is 5.92 Å². The molecule has 10 heteroatoms. The van der Waals surface area contributed by atoms with Crippen molar-refractivity contribution in [3.05, 3.63) is 46.9 Å². The second-order valence-corrected chi connectivity index (χ2v) is 10.9. The Kier molecular flexibility index (Phi) is 8.10. The van der Waals surface area contributed by atoms with Crippen molar-refractivity contribution < 1.29 is 22.7 Å². The molecule has 2 aromatic rings. The summed E-state index contributed by atoms with van der Waals surface area (Å²) in [6.45, 7) is 1.72. The highest BCUT2D eigenvalue weighted by molar-refractivity contribution is 7.90. The first-order valence-corrected chi connectivity index (χ1v) is 13.1. The number of benzene rings is 1. The van der Waals surface area contributed by atoms with Crippen LogP contribution in [0.5, 0.6) is 0 Å². The number of rotatable bonds is 9. The number of carbonyl (C=O) groups excluding carboxylic acids is 1. The zero-order valence-corrected chi connectivity index (χ0v) is 20.9. The van der Waals surface area contributed by atoms with Crippen LogP contribution in [0.1, 0.15) is 56.2 Å². The highest BCUT2D eigenvalue weighted by Gasteiger charge is 2.30. The molecule has 1 fully saturated rings. The number of carbonyl (C=O) groups is 1. The number of anilines is 1. The fourth-order valence-corrected chi connectivity index (χ4v) is 5.62. The van der Waals surface area contributed by atoms with Crippen LogP contribution in [0.4, 0.5) is 5.82 Å². The maximum absolute atomic E-state index is 12.9. The van der Waals surface area contributed by atoms with E-state index in [9.17, 15) is 13.2 Å². The topological polar surface area (TPSA) is 107 Å². The van der Waals surface area contributed by atoms with Crippen LogP contribution in [-0.2, 0) is 29.9 Å². The first-order valence-electron chi connectivity index (χ1n) is 10.8. The Balaban J connectivity index is 1.77. The molecule has 1 aromatic carbocycles. The van der Waals surface area contributed by atoms with Crippen LogP contribution in [0.25, 0.3) is 0 Å². The Morgan fingerprint density at radius 3 is 2.39 bits per heavy atom. The number of nitrogens with zero attached hydrogens (tertiary/aromatic N) is 2. The molecule has 0 radical (unpaired) electrons. The summed E-state index contributed by atoms with van der Waals surface area (Å²) < 4.78 is 34.5. The third kappa shape index (κ3) is 6.09. The number of hydrogen-bond acceptors (Lipinski definition) is 7. The predicted octanol–water partition coefficient (Wildman–Crippen LogP) is 4.30. The van der Waals surface area contributed by atoms with Gasteiger partial charge in [0.15, 0.2) is 15.7 Å². The summed E-state index contributed by atoms with van der Waals surface area (Å²) in [4.78, 5) is 21.6. The molecular weight excluding hydrogens is 466 g/mol. The minimum absolute atomic E-state index is 0.0730. The summed E-state index contributed by atoms with van der Waals surface area (Å²) in [5, 5.41) is 2.99. The largest absolute Gasteiger partial charge is 0.348 e. The van der Waals surface area contributed by atoms with Crippen LogP contribution in [0.15, 0.2) is 35.5 Å². The molecule has 3 rings (SSSR count). The molecular formula is C23H30ClN3O5S. The van der Waals surface area contributed by atoms with Gasteiger partial charge in [0.05, 0.1) is 22.3 Å². The van der Waals surface area contributed by atoms with Gasteiger partial charge in [-0.25, -0.2) is 13.4 Å². The summed E-state index contributed by atoms with van der Waals surface area (Å²) >= 11 is 6.29. The van der Waals surface area contributed by atoms with Crippen LogP contribution >= 0.6 is 11.6 Å². The van der Waals surface area contributed by atoms with Gasteiger partial charge in [0.2, 0.25) is 11.7 Å². The van der Waals surface area contributed by atoms with E-state index in [1.807, 2.05) is 0 Å². The number of amides is 1. The number of halogens is 1. The maximum Gasteiger partial charge on any atom is 0.226 e. The van der Waals surface area contributed by atoms with E-state index < -0.39 is 15.6 Å². The summed E-state index contributed by atoms with van der Waals surface area (Å²) in [5.74, 6) is -0.641. The molecule has 1 aliphatic rings. The SMILES string of the molecule is COC(C)(OC)c1cnc(NC(=O)C[C@@H](c2ccc(S(C)(=O)=O)c(Cl)c2)C2CCCC2)cn1. The standard InChI is InChI=1S/C23H30ClN3O5S/c1-23(31-2,32-3)20-13-26-21(14-25-20)27-22(28)12-17(15-7-5-6-8-15)16-9-10-19(18(24)11-16)33(4,29)30/h9-11,13-15,17H,5-8,12H2,1-4H3,(H,26,27,28)/t17-/m1/s1. The van der Waals surface area contributed by atoms with Crippen molar-refractivity contribution in [3.63, 3.8) is 0 Å². The molecule has 1 aromatic heterocycles. The first-order chi connectivity index (χ1) is 15.6. The molecule has 0 bridgehead atoms. The third-order valence-electron chi connectivity index (χ3n) is 6.32. The van der Waals surface area contributed by atoms with E-state index in [4.69, 9.17) is 21.1 Å². The molecule has 1 N–H and O–H groups in total. The van der Waals surface area contributed by atoms with Gasteiger partial charge < -0.3 is 14.8 Å². The van der Waals surface area contributed by atoms with Crippen LogP contribution in [0.3, 0.4) is 0 Å². The lowest BCUT2D eigenvalue weighted by Gasteiger charge is -2.25. The number of aromatic nitrogens is 2. The summed E-state index contributed by atoms with van der Waals surface area (Å²) in [6.07, 6.45) is 8.59. The summed E-state index contributed by atoms with van der Waals surface area (Å²) in [7, 11) is -0.396. The lowest BCUT2D eigenvalue weighted by molar-refractivity contribution is -0.204. The number of nitrogens with one attached hydrogen (secondary N) is 1. The first kappa shape index (κ1) is 25.6. The molecule has 0 unspecified atom stereocenters. The maximum atomic E-state index is 12.9. The smallest absolute Gasteiger partial charge is 0.226 e. The van der Waals surface area contributed by atoms with Crippen molar-refractivity contribution in [1.29, 1.82) is 0 Å². The number of hydrogen-bond donors (Lipinski definition) is 1. The third-order valence-corrected chi connectivity index (χ3v) is 7.90. The van der Waals surface area contributed by atoms with Gasteiger partial charge in [-0.15, -0.1) is 0 Å². The van der Waals surface area contributed by atoms with Crippen molar-refractivity contribution >= 4 is 33.2 Å². The fraction of sp³-hybridized carbons (Fsp3) is 0.522. The molecule has 0 aliphatic heterocycles. The average Bonchev–Trinajstić information content (AvgIpc) is 3.31. The van der Waals surface area contributed by atoms with Crippen LogP contribution < -0.4 is 5.32 Å². The molecule has 0 saturated heterocycles. The van der Waals surface area contributed by atoms with E-state index in [0.29, 0.717) is 17.4 Å². The Bertz CT molecular complexity index is 1080. The van der Waals surface area contributed by atoms with Gasteiger partial charge >= 0.3 is 0 Å². The normalized spacial score (nSPS) is 16.0. The van der Waals surface area contributed by atoms with Crippen molar-refractivity contribution in [2.45, 2.75) is 55.6 Å². The van der Waals surface area contributed by atoms with Crippen molar-refractivity contribution in [2.75, 3.05) is 25.8 Å². The minimum atomic E-state index is -3.42. The minimum Gasteiger partial charge on any atom is -0.348 e. The fourth-order valence-electron chi connectivity index (χ4n) is 4.28. The van der Waals surface area contributed by atoms with Gasteiger partial charge in [0.25, 0.3) is 0 Å². The van der Waals surface area contributed by atoms with Gasteiger partial charge in [0, 0.05) is 26.9 Å². The van der Waals surface area contributed by atoms with Gasteiger partial charge in [-0.1, -0.05) is 30.5 Å². The molecule has 1 amide bonds. The average molecular weight is 496 g/mol. The lowest BCUT2D eigenvalue weighted by atomic mass is 9.82. The van der Waals surface area contributed by atoms with Gasteiger partial charge in [-0.05, 0) is 49.3 Å². The molecule has 1 saturated carbocycles. The Hall–Kier alpha value is -2.07. The molecule has 0 spiro atoms. The van der Waals surface area contributed by atoms with Gasteiger partial charge in [0.1, 0.15) is 5.69 Å². The summed E-state index contributed by atoms with van der Waals surface area (Å²) in [5.41, 5.74) is 1.35. The van der Waals surface area contributed by atoms with Crippen molar-refractivity contribution in [3.8, 4) is 0 Å². The Morgan fingerprint density at radius 2 is 1.88 bits per heavy atom. The zero-order valence-electron chi connectivity index (χ0n) is 19.3. The van der Waals surface area contributed by atoms with Gasteiger partial charge in [-0.3, -0.25) is 9.78 Å². The van der Waals surface area contributed by atoms with E-state index in [0.717, 1.165) is 37.5 Å². The predicted molar refractivity (Wildman–Crippen MR) is 126 cm³/mol. The van der Waals surface area contributed by atoms with E-state index in [1.165, 1.54) is 32.7 Å². The van der Waals surface area contributed by atoms with Crippen molar-refractivity contribution in [2.24, 2.45) is 5.92 Å². The molecule has 1 heterocycles. The van der Waals surface area contributed by atoms with E-state index in [-0.39, 0.29) is 28.2 Å². The molecule has 1 atom stereocenters. The Morgan fingerprint density at radius 1 is 1.21 bits per heavy atom. The van der Waals surface area contributed by atoms with Crippen LogP contribution in [-0.4, -0.2) is 44.8 Å². The number of methoxy groups -OCH3 is 2. The molecule has 8 nitrogen and oxygen atoms in total. The monoisotopic (exact) mass is 495 g/mol. The van der Waals surface area contributed by atoms with Crippen LogP contribution in [0.2, 0.25) is 5.02 Å². The van der Waals surface area contributed by atoms with Gasteiger partial charge in [-0.2, -0.15) is 0 Å². The zero-order chi connectivity index (χ0) is 24.2. The lowest BCUT2D eigenvalue weighted by Crippen LogP contribution is -2.28. The second-order valence-electron chi connectivity index (χ2n) is 8.51. The molecule has 33 heavy (non-hydrogen) atoms. The highest BCUT2D eigenvalue weighted by Crippen LogP contribution is 2.41. The molecule has 180 valence electrons. The number of sulfone groups is 1. The molecule has 1 aliphatic carbocycles. The van der Waals surface area contributed by atoms with Crippen molar-refractivity contribution in [1.82, 2.24) is 9.97 Å². The van der Waals surface area contributed by atoms with E-state index in [2.05, 4.69) is 15.3 Å². The number of ether oxygens (including phenoxy) is 2. The van der Waals surface area contributed by atoms with E-state index >= 15 is 0 Å². The second kappa shape index (κ2) is 10.5. The quantitative estimate of drug-likeness (QED) is 0.516. The Labute approximate surface area is 200 Å².